The summed E-state index contributed by atoms with van der Waals surface area (Å²) >= 11 is 13.0. The number of anilines is 1. The second-order valence-corrected chi connectivity index (χ2v) is 7.75. The van der Waals surface area contributed by atoms with Crippen molar-refractivity contribution < 1.29 is 4.79 Å². The maximum Gasteiger partial charge on any atom is 0.161 e. The van der Waals surface area contributed by atoms with Crippen molar-refractivity contribution in [3.63, 3.8) is 0 Å². The Morgan fingerprint density at radius 1 is 1.04 bits per heavy atom. The number of hydrogen-bond donors (Lipinski definition) is 1. The number of carbonyl (C=O) groups is 1. The van der Waals surface area contributed by atoms with Crippen LogP contribution < -0.4 is 5.32 Å². The predicted octanol–water partition coefficient (Wildman–Crippen LogP) is 6.11. The molecule has 0 spiro atoms. The molecule has 1 atom stereocenters. The Hall–Kier alpha value is -2.36. The lowest BCUT2D eigenvalue weighted by molar-refractivity contribution is -0.116. The van der Waals surface area contributed by atoms with Crippen molar-refractivity contribution in [2.24, 2.45) is 0 Å². The lowest BCUT2D eigenvalue weighted by atomic mass is 9.74. The molecule has 2 aliphatic rings. The molecule has 1 aliphatic carbocycles. The molecule has 0 bridgehead atoms. The van der Waals surface area contributed by atoms with Crippen LogP contribution in [0.4, 0.5) is 5.69 Å². The molecular weight excluding hydrogens is 379 g/mol. The molecule has 0 saturated carbocycles. The molecule has 5 heteroatoms. The highest BCUT2D eigenvalue weighted by Crippen LogP contribution is 2.49. The summed E-state index contributed by atoms with van der Waals surface area (Å²) in [6, 6.07) is 13.7. The van der Waals surface area contributed by atoms with Crippen LogP contribution in [-0.4, -0.2) is 10.8 Å². The first-order chi connectivity index (χ1) is 13.1. The average Bonchev–Trinajstić information content (AvgIpc) is 2.69. The molecule has 2 aromatic carbocycles. The summed E-state index contributed by atoms with van der Waals surface area (Å²) in [4.78, 5) is 17.5. The maximum atomic E-state index is 13.0. The third kappa shape index (κ3) is 2.57. The van der Waals surface area contributed by atoms with E-state index in [0.717, 1.165) is 51.8 Å². The number of aromatic nitrogens is 1. The Balaban J connectivity index is 1.87. The lowest BCUT2D eigenvalue weighted by Gasteiger charge is -2.35. The molecule has 0 radical (unpaired) electrons. The number of Topliss-reactive ketones (excluding diaryl/α,β-unsaturated/α-hetero) is 1. The van der Waals surface area contributed by atoms with Gasteiger partial charge in [-0.15, -0.1) is 0 Å². The molecule has 0 amide bonds. The smallest absolute Gasteiger partial charge is 0.161 e. The quantitative estimate of drug-likeness (QED) is 0.541. The molecule has 1 N–H and O–H groups in total. The number of carbonyl (C=O) groups excluding carboxylic acids is 1. The highest BCUT2D eigenvalue weighted by Gasteiger charge is 2.37. The van der Waals surface area contributed by atoms with Crippen molar-refractivity contribution in [3.05, 3.63) is 81.1 Å². The molecule has 1 aliphatic heterocycles. The zero-order valence-corrected chi connectivity index (χ0v) is 15.9. The second-order valence-electron chi connectivity index (χ2n) is 6.97. The molecular formula is C22H16Cl2N2O. The third-order valence-corrected chi connectivity index (χ3v) is 6.27. The van der Waals surface area contributed by atoms with E-state index in [1.165, 1.54) is 0 Å². The van der Waals surface area contributed by atoms with Gasteiger partial charge >= 0.3 is 0 Å². The van der Waals surface area contributed by atoms with Gasteiger partial charge in [0, 0.05) is 40.9 Å². The van der Waals surface area contributed by atoms with Crippen molar-refractivity contribution in [2.45, 2.75) is 25.2 Å². The maximum absolute atomic E-state index is 13.0. The molecule has 0 fully saturated rings. The van der Waals surface area contributed by atoms with Crippen LogP contribution in [0, 0.1) is 0 Å². The summed E-state index contributed by atoms with van der Waals surface area (Å²) in [5, 5.41) is 5.53. The molecule has 3 nitrogen and oxygen atoms in total. The van der Waals surface area contributed by atoms with Gasteiger partial charge in [0.05, 0.1) is 15.6 Å². The van der Waals surface area contributed by atoms with Gasteiger partial charge in [0.1, 0.15) is 0 Å². The van der Waals surface area contributed by atoms with Gasteiger partial charge in [0.2, 0.25) is 0 Å². The minimum absolute atomic E-state index is 0.177. The van der Waals surface area contributed by atoms with E-state index in [2.05, 4.69) is 10.3 Å². The van der Waals surface area contributed by atoms with Crippen molar-refractivity contribution in [1.29, 1.82) is 0 Å². The fourth-order valence-corrected chi connectivity index (χ4v) is 4.70. The topological polar surface area (TPSA) is 42.0 Å². The zero-order chi connectivity index (χ0) is 18.5. The number of nitrogens with zero attached hydrogens (tertiary/aromatic N) is 1. The van der Waals surface area contributed by atoms with Crippen LogP contribution >= 0.6 is 23.2 Å². The first kappa shape index (κ1) is 16.8. The SMILES string of the molecule is O=C1CCCC2=C1[C@H](c1cccc(Cl)c1Cl)c1c(ccc3ncccc13)N2. The Morgan fingerprint density at radius 3 is 2.81 bits per heavy atom. The van der Waals surface area contributed by atoms with Gasteiger partial charge in [0.25, 0.3) is 0 Å². The van der Waals surface area contributed by atoms with Crippen LogP contribution in [0.25, 0.3) is 10.9 Å². The van der Waals surface area contributed by atoms with Gasteiger partial charge in [-0.2, -0.15) is 0 Å². The summed E-state index contributed by atoms with van der Waals surface area (Å²) in [5.74, 6) is -0.0699. The Bertz CT molecular complexity index is 1140. The van der Waals surface area contributed by atoms with Gasteiger partial charge < -0.3 is 5.32 Å². The van der Waals surface area contributed by atoms with E-state index >= 15 is 0 Å². The molecule has 134 valence electrons. The summed E-state index contributed by atoms with van der Waals surface area (Å²) in [7, 11) is 0. The van der Waals surface area contributed by atoms with Gasteiger partial charge in [0.15, 0.2) is 5.78 Å². The molecule has 0 saturated heterocycles. The minimum Gasteiger partial charge on any atom is -0.358 e. The highest BCUT2D eigenvalue weighted by atomic mass is 35.5. The number of pyridine rings is 1. The van der Waals surface area contributed by atoms with E-state index in [9.17, 15) is 4.79 Å². The number of rotatable bonds is 1. The van der Waals surface area contributed by atoms with Crippen molar-refractivity contribution in [3.8, 4) is 0 Å². The third-order valence-electron chi connectivity index (χ3n) is 5.44. The lowest BCUT2D eigenvalue weighted by Crippen LogP contribution is -2.27. The molecule has 0 unspecified atom stereocenters. The van der Waals surface area contributed by atoms with Gasteiger partial charge in [-0.1, -0.05) is 41.4 Å². The number of ketones is 1. The molecule has 5 rings (SSSR count). The Labute approximate surface area is 167 Å². The number of halogens is 2. The fourth-order valence-electron chi connectivity index (χ4n) is 4.28. The number of nitrogens with one attached hydrogen (secondary N) is 1. The van der Waals surface area contributed by atoms with Gasteiger partial charge in [-0.25, -0.2) is 0 Å². The van der Waals surface area contributed by atoms with Crippen LogP contribution in [-0.2, 0) is 4.79 Å². The largest absolute Gasteiger partial charge is 0.358 e. The summed E-state index contributed by atoms with van der Waals surface area (Å²) in [6.07, 6.45) is 4.07. The number of benzene rings is 2. The second kappa shape index (κ2) is 6.36. The first-order valence-corrected chi connectivity index (χ1v) is 9.75. The van der Waals surface area contributed by atoms with Crippen LogP contribution in [0.2, 0.25) is 10.0 Å². The minimum atomic E-state index is -0.247. The van der Waals surface area contributed by atoms with Gasteiger partial charge in [-0.3, -0.25) is 9.78 Å². The van der Waals surface area contributed by atoms with Crippen LogP contribution in [0.1, 0.15) is 36.3 Å². The number of hydrogen-bond acceptors (Lipinski definition) is 3. The van der Waals surface area contributed by atoms with E-state index in [1.807, 2.05) is 36.4 Å². The zero-order valence-electron chi connectivity index (χ0n) is 14.4. The standard InChI is InChI=1S/C22H16Cl2N2O/c23-14-6-1-4-13(22(14)24)20-19-12-5-3-11-25-15(12)9-10-17(19)26-16-7-2-8-18(27)21(16)20/h1,3-6,9-11,20,26H,2,7-8H2/t20-/m1/s1. The molecule has 2 heterocycles. The normalized spacial score (nSPS) is 18.9. The molecule has 1 aromatic heterocycles. The fraction of sp³-hybridized carbons (Fsp3) is 0.182. The number of allylic oxidation sites excluding steroid dienone is 2. The summed E-state index contributed by atoms with van der Waals surface area (Å²) < 4.78 is 0. The van der Waals surface area contributed by atoms with E-state index in [-0.39, 0.29) is 11.7 Å². The van der Waals surface area contributed by atoms with Crippen LogP contribution in [0.15, 0.2) is 59.9 Å². The van der Waals surface area contributed by atoms with E-state index in [4.69, 9.17) is 23.2 Å². The van der Waals surface area contributed by atoms with Gasteiger partial charge in [-0.05, 0) is 48.2 Å². The molecule has 27 heavy (non-hydrogen) atoms. The van der Waals surface area contributed by atoms with E-state index in [0.29, 0.717) is 16.5 Å². The number of fused-ring (bicyclic) bond motifs is 3. The van der Waals surface area contributed by atoms with E-state index < -0.39 is 0 Å². The average molecular weight is 395 g/mol. The van der Waals surface area contributed by atoms with Crippen molar-refractivity contribution in [2.75, 3.05) is 5.32 Å². The van der Waals surface area contributed by atoms with Crippen molar-refractivity contribution >= 4 is 45.6 Å². The van der Waals surface area contributed by atoms with Crippen LogP contribution in [0.5, 0.6) is 0 Å². The molecule has 3 aromatic rings. The summed E-state index contributed by atoms with van der Waals surface area (Å²) in [6.45, 7) is 0. The Kier molecular flexibility index (Phi) is 3.96. The monoisotopic (exact) mass is 394 g/mol. The van der Waals surface area contributed by atoms with Crippen LogP contribution in [0.3, 0.4) is 0 Å². The Morgan fingerprint density at radius 2 is 1.93 bits per heavy atom. The summed E-state index contributed by atoms with van der Waals surface area (Å²) in [5.41, 5.74) is 5.63. The first-order valence-electron chi connectivity index (χ1n) is 9.00. The highest BCUT2D eigenvalue weighted by molar-refractivity contribution is 6.42. The van der Waals surface area contributed by atoms with Crippen molar-refractivity contribution in [1.82, 2.24) is 4.98 Å². The van der Waals surface area contributed by atoms with E-state index in [1.54, 1.807) is 12.3 Å². The predicted molar refractivity (Wildman–Crippen MR) is 110 cm³/mol.